The molecule has 1 aliphatic rings. The molecule has 1 N–H and O–H groups in total. The van der Waals surface area contributed by atoms with Crippen LogP contribution in [0.2, 0.25) is 0 Å². The summed E-state index contributed by atoms with van der Waals surface area (Å²) in [5, 5.41) is 17.7. The summed E-state index contributed by atoms with van der Waals surface area (Å²) in [6, 6.07) is 7.43. The van der Waals surface area contributed by atoms with E-state index in [2.05, 4.69) is 17.2 Å². The molecule has 4 rings (SSSR count). The molecule has 2 atom stereocenters. The van der Waals surface area contributed by atoms with Gasteiger partial charge >= 0.3 is 5.97 Å². The fourth-order valence-electron chi connectivity index (χ4n) is 4.75. The Morgan fingerprint density at radius 2 is 2.03 bits per heavy atom. The van der Waals surface area contributed by atoms with Gasteiger partial charge in [-0.2, -0.15) is 0 Å². The van der Waals surface area contributed by atoms with Crippen LogP contribution in [0.3, 0.4) is 0 Å². The van der Waals surface area contributed by atoms with E-state index < -0.39 is 5.97 Å². The Hall–Kier alpha value is -3.33. The molecular formula is C26H33N5O4. The van der Waals surface area contributed by atoms with E-state index in [9.17, 15) is 9.59 Å². The molecule has 3 aromatic heterocycles. The van der Waals surface area contributed by atoms with Crippen molar-refractivity contribution in [1.82, 2.24) is 24.5 Å². The van der Waals surface area contributed by atoms with Crippen LogP contribution in [0, 0.1) is 0 Å². The van der Waals surface area contributed by atoms with Crippen LogP contribution in [0.5, 0.6) is 0 Å². The summed E-state index contributed by atoms with van der Waals surface area (Å²) in [6.07, 6.45) is 6.65. The second-order valence-corrected chi connectivity index (χ2v) is 9.12. The van der Waals surface area contributed by atoms with E-state index in [0.29, 0.717) is 24.4 Å². The maximum atomic E-state index is 12.5. The first kappa shape index (κ1) is 24.8. The molecular weight excluding hydrogens is 446 g/mol. The second kappa shape index (κ2) is 10.9. The molecule has 3 aromatic rings. The average Bonchev–Trinajstić information content (AvgIpc) is 3.20. The lowest BCUT2D eigenvalue weighted by Crippen LogP contribution is -2.25. The minimum Gasteiger partial charge on any atom is -0.481 e. The van der Waals surface area contributed by atoms with E-state index in [1.54, 1.807) is 15.3 Å². The maximum absolute atomic E-state index is 12.5. The molecule has 0 aliphatic carbocycles. The van der Waals surface area contributed by atoms with Gasteiger partial charge < -0.3 is 14.4 Å². The summed E-state index contributed by atoms with van der Waals surface area (Å²) in [6.45, 7) is 4.51. The molecule has 0 unspecified atom stereocenters. The SMILES string of the molecule is CCCc1ccc(=O)n(Cc2c(-c3ccc([C@@H]4CCC[C@@H](CC(=O)O)O4)c(CC)n3)nnn2C)c1. The van der Waals surface area contributed by atoms with Crippen molar-refractivity contribution in [3.05, 3.63) is 63.3 Å². The van der Waals surface area contributed by atoms with Crippen molar-refractivity contribution >= 4 is 5.97 Å². The van der Waals surface area contributed by atoms with Crippen LogP contribution in [-0.2, 0) is 36.0 Å². The highest BCUT2D eigenvalue weighted by molar-refractivity contribution is 5.67. The fraction of sp³-hybridized carbons (Fsp3) is 0.500. The van der Waals surface area contributed by atoms with E-state index >= 15 is 0 Å². The molecule has 0 amide bonds. The number of hydrogen-bond acceptors (Lipinski definition) is 6. The summed E-state index contributed by atoms with van der Waals surface area (Å²) in [5.74, 6) is -0.839. The van der Waals surface area contributed by atoms with Crippen molar-refractivity contribution in [2.24, 2.45) is 7.05 Å². The quantitative estimate of drug-likeness (QED) is 0.498. The molecule has 186 valence electrons. The van der Waals surface area contributed by atoms with Gasteiger partial charge in [0, 0.05) is 30.6 Å². The van der Waals surface area contributed by atoms with Gasteiger partial charge in [0.1, 0.15) is 5.69 Å². The highest BCUT2D eigenvalue weighted by Crippen LogP contribution is 2.35. The van der Waals surface area contributed by atoms with E-state index in [1.165, 1.54) is 0 Å². The number of aryl methyl sites for hydroxylation is 3. The van der Waals surface area contributed by atoms with Crippen LogP contribution < -0.4 is 5.56 Å². The summed E-state index contributed by atoms with van der Waals surface area (Å²) in [7, 11) is 1.82. The minimum atomic E-state index is -0.839. The molecule has 0 aromatic carbocycles. The first-order valence-electron chi connectivity index (χ1n) is 12.3. The number of aliphatic carboxylic acids is 1. The highest BCUT2D eigenvalue weighted by Gasteiger charge is 2.27. The van der Waals surface area contributed by atoms with Gasteiger partial charge in [0.15, 0.2) is 0 Å². The monoisotopic (exact) mass is 479 g/mol. The van der Waals surface area contributed by atoms with Gasteiger partial charge in [-0.25, -0.2) is 4.68 Å². The first-order valence-corrected chi connectivity index (χ1v) is 12.3. The van der Waals surface area contributed by atoms with Crippen molar-refractivity contribution < 1.29 is 14.6 Å². The number of pyridine rings is 2. The predicted molar refractivity (Wildman–Crippen MR) is 131 cm³/mol. The zero-order chi connectivity index (χ0) is 24.9. The second-order valence-electron chi connectivity index (χ2n) is 9.12. The maximum Gasteiger partial charge on any atom is 0.305 e. The molecule has 1 aliphatic heterocycles. The van der Waals surface area contributed by atoms with E-state index in [1.807, 2.05) is 38.4 Å². The summed E-state index contributed by atoms with van der Waals surface area (Å²) < 4.78 is 9.52. The lowest BCUT2D eigenvalue weighted by atomic mass is 9.95. The molecule has 9 heteroatoms. The van der Waals surface area contributed by atoms with Gasteiger partial charge in [-0.1, -0.05) is 37.6 Å². The van der Waals surface area contributed by atoms with E-state index in [4.69, 9.17) is 14.8 Å². The lowest BCUT2D eigenvalue weighted by molar-refractivity contribution is -0.143. The van der Waals surface area contributed by atoms with E-state index in [0.717, 1.165) is 54.6 Å². The third kappa shape index (κ3) is 5.67. The largest absolute Gasteiger partial charge is 0.481 e. The number of hydrogen-bond donors (Lipinski definition) is 1. The van der Waals surface area contributed by atoms with Gasteiger partial charge in [0.25, 0.3) is 5.56 Å². The number of carboxylic acid groups (broad SMARTS) is 1. The molecule has 35 heavy (non-hydrogen) atoms. The van der Waals surface area contributed by atoms with Crippen molar-refractivity contribution in [2.45, 2.75) is 77.5 Å². The van der Waals surface area contributed by atoms with Crippen molar-refractivity contribution in [3.8, 4) is 11.4 Å². The van der Waals surface area contributed by atoms with Crippen LogP contribution in [0.4, 0.5) is 0 Å². The van der Waals surface area contributed by atoms with Crippen molar-refractivity contribution in [3.63, 3.8) is 0 Å². The van der Waals surface area contributed by atoms with Crippen LogP contribution in [0.25, 0.3) is 11.4 Å². The zero-order valence-corrected chi connectivity index (χ0v) is 20.6. The first-order chi connectivity index (χ1) is 16.9. The predicted octanol–water partition coefficient (Wildman–Crippen LogP) is 3.69. The Labute approximate surface area is 204 Å². The number of aromatic nitrogens is 5. The third-order valence-corrected chi connectivity index (χ3v) is 6.53. The topological polar surface area (TPSA) is 112 Å². The summed E-state index contributed by atoms with van der Waals surface area (Å²) in [5.41, 5.74) is 5.10. The minimum absolute atomic E-state index is 0.0191. The summed E-state index contributed by atoms with van der Waals surface area (Å²) >= 11 is 0. The molecule has 4 heterocycles. The third-order valence-electron chi connectivity index (χ3n) is 6.53. The Bertz CT molecular complexity index is 1250. The Balaban J connectivity index is 1.63. The number of rotatable bonds is 9. The Morgan fingerprint density at radius 3 is 2.77 bits per heavy atom. The van der Waals surface area contributed by atoms with Crippen LogP contribution in [0.15, 0.2) is 35.3 Å². The highest BCUT2D eigenvalue weighted by atomic mass is 16.5. The number of ether oxygens (including phenoxy) is 1. The van der Waals surface area contributed by atoms with E-state index in [-0.39, 0.29) is 24.2 Å². The lowest BCUT2D eigenvalue weighted by Gasteiger charge is -2.30. The normalized spacial score (nSPS) is 18.0. The molecule has 9 nitrogen and oxygen atoms in total. The van der Waals surface area contributed by atoms with Gasteiger partial charge in [-0.05, 0) is 43.7 Å². The number of carboxylic acids is 1. The molecule has 0 saturated carbocycles. The van der Waals surface area contributed by atoms with Crippen LogP contribution >= 0.6 is 0 Å². The van der Waals surface area contributed by atoms with Gasteiger partial charge in [0.2, 0.25) is 0 Å². The van der Waals surface area contributed by atoms with Crippen LogP contribution in [0.1, 0.15) is 74.6 Å². The molecule has 0 radical (unpaired) electrons. The Morgan fingerprint density at radius 1 is 1.20 bits per heavy atom. The molecule has 0 spiro atoms. The van der Waals surface area contributed by atoms with Crippen molar-refractivity contribution in [2.75, 3.05) is 0 Å². The zero-order valence-electron chi connectivity index (χ0n) is 20.6. The van der Waals surface area contributed by atoms with Crippen LogP contribution in [-0.4, -0.2) is 41.7 Å². The molecule has 1 fully saturated rings. The number of nitrogens with zero attached hydrogens (tertiary/aromatic N) is 5. The average molecular weight is 480 g/mol. The summed E-state index contributed by atoms with van der Waals surface area (Å²) in [4.78, 5) is 28.6. The number of carbonyl (C=O) groups is 1. The van der Waals surface area contributed by atoms with Crippen molar-refractivity contribution in [1.29, 1.82) is 0 Å². The van der Waals surface area contributed by atoms with Gasteiger partial charge in [0.05, 0.1) is 36.6 Å². The molecule has 0 bridgehead atoms. The fourth-order valence-corrected chi connectivity index (χ4v) is 4.75. The van der Waals surface area contributed by atoms with Gasteiger partial charge in [-0.15, -0.1) is 5.10 Å². The molecule has 1 saturated heterocycles. The Kier molecular flexibility index (Phi) is 7.75. The smallest absolute Gasteiger partial charge is 0.305 e. The standard InChI is InChI=1S/C26H33N5O4/c1-4-7-17-10-13-24(32)31(15-17)16-22-26(28-29-30(22)3)21-12-11-19(20(5-2)27-21)23-9-6-8-18(35-23)14-25(33)34/h10-13,15,18,23H,4-9,14,16H2,1-3H3,(H,33,34)/t18-,23-/m0/s1. The van der Waals surface area contributed by atoms with Gasteiger partial charge in [-0.3, -0.25) is 14.6 Å².